The standard InChI is InChI=1S/C28H24N2O6/c31-24-16-15-23(21-13-7-8-14-22(21)24)27(36-28(33)29-19-9-3-1-4-10-19)25(17-18-26(32)30-34)35-20-11-5-2-6-12-20/h1-18,25,27,31,34H,(H,29,33)(H,30,32)/b18-17+/t25-,27-/m1/s1. The quantitative estimate of drug-likeness (QED) is 0.152. The lowest BCUT2D eigenvalue weighted by atomic mass is 9.96. The van der Waals surface area contributed by atoms with Crippen molar-refractivity contribution in [2.45, 2.75) is 12.2 Å². The molecule has 0 saturated heterocycles. The first-order valence-electron chi connectivity index (χ1n) is 11.1. The smallest absolute Gasteiger partial charge is 0.412 e. The van der Waals surface area contributed by atoms with Gasteiger partial charge < -0.3 is 14.6 Å². The highest BCUT2D eigenvalue weighted by molar-refractivity contribution is 5.92. The lowest BCUT2D eigenvalue weighted by molar-refractivity contribution is -0.124. The van der Waals surface area contributed by atoms with Crippen molar-refractivity contribution in [2.24, 2.45) is 0 Å². The fourth-order valence-corrected chi connectivity index (χ4v) is 3.72. The summed E-state index contributed by atoms with van der Waals surface area (Å²) in [6.07, 6.45) is -0.311. The minimum atomic E-state index is -1.05. The van der Waals surface area contributed by atoms with Crippen LogP contribution in [0.1, 0.15) is 11.7 Å². The van der Waals surface area contributed by atoms with Crippen molar-refractivity contribution in [3.63, 3.8) is 0 Å². The SMILES string of the molecule is O=C(/C=C/[C@@H](Oc1ccccc1)[C@H](OC(=O)Nc1ccccc1)c1ccc(O)c2ccccc12)NO. The number of ether oxygens (including phenoxy) is 2. The number of amides is 2. The van der Waals surface area contributed by atoms with Crippen LogP contribution in [0.2, 0.25) is 0 Å². The second-order valence-corrected chi connectivity index (χ2v) is 7.77. The second kappa shape index (κ2) is 11.5. The van der Waals surface area contributed by atoms with Gasteiger partial charge in [-0.25, -0.2) is 10.3 Å². The minimum Gasteiger partial charge on any atom is -0.507 e. The van der Waals surface area contributed by atoms with E-state index < -0.39 is 24.2 Å². The van der Waals surface area contributed by atoms with Crippen molar-refractivity contribution in [2.75, 3.05) is 5.32 Å². The Kier molecular flexibility index (Phi) is 7.80. The molecular weight excluding hydrogens is 460 g/mol. The molecule has 4 aromatic rings. The molecule has 0 aliphatic carbocycles. The van der Waals surface area contributed by atoms with Gasteiger partial charge in [-0.05, 0) is 41.8 Å². The number of hydrogen-bond acceptors (Lipinski definition) is 6. The molecule has 8 nitrogen and oxygen atoms in total. The fourth-order valence-electron chi connectivity index (χ4n) is 3.72. The number of hydrogen-bond donors (Lipinski definition) is 4. The molecule has 4 N–H and O–H groups in total. The number of anilines is 1. The molecule has 0 aliphatic heterocycles. The maximum absolute atomic E-state index is 13.0. The van der Waals surface area contributed by atoms with E-state index in [0.717, 1.165) is 6.08 Å². The Balaban J connectivity index is 1.78. The third-order valence-corrected chi connectivity index (χ3v) is 5.36. The largest absolute Gasteiger partial charge is 0.507 e. The average molecular weight is 485 g/mol. The molecule has 4 aromatic carbocycles. The highest BCUT2D eigenvalue weighted by Gasteiger charge is 2.30. The molecule has 0 bridgehead atoms. The summed E-state index contributed by atoms with van der Waals surface area (Å²) in [7, 11) is 0. The third kappa shape index (κ3) is 5.99. The number of carbonyl (C=O) groups is 2. The van der Waals surface area contributed by atoms with Crippen molar-refractivity contribution < 1.29 is 29.4 Å². The molecule has 0 unspecified atom stereocenters. The van der Waals surface area contributed by atoms with Gasteiger partial charge in [0, 0.05) is 22.7 Å². The highest BCUT2D eigenvalue weighted by atomic mass is 16.6. The van der Waals surface area contributed by atoms with Crippen LogP contribution >= 0.6 is 0 Å². The van der Waals surface area contributed by atoms with E-state index in [1.165, 1.54) is 17.6 Å². The Labute approximate surface area is 207 Å². The number of rotatable bonds is 8. The Bertz CT molecular complexity index is 1360. The first kappa shape index (κ1) is 24.3. The van der Waals surface area contributed by atoms with Crippen LogP contribution in [0.3, 0.4) is 0 Å². The van der Waals surface area contributed by atoms with E-state index in [4.69, 9.17) is 14.7 Å². The van der Waals surface area contributed by atoms with E-state index in [0.29, 0.717) is 27.8 Å². The number of phenols is 1. The summed E-state index contributed by atoms with van der Waals surface area (Å²) in [6, 6.07) is 27.9. The van der Waals surface area contributed by atoms with Gasteiger partial charge in [0.05, 0.1) is 0 Å². The van der Waals surface area contributed by atoms with E-state index >= 15 is 0 Å². The molecule has 0 heterocycles. The molecule has 36 heavy (non-hydrogen) atoms. The van der Waals surface area contributed by atoms with Crippen LogP contribution in [0, 0.1) is 0 Å². The van der Waals surface area contributed by atoms with Gasteiger partial charge in [0.25, 0.3) is 5.91 Å². The lowest BCUT2D eigenvalue weighted by Crippen LogP contribution is -2.30. The highest BCUT2D eigenvalue weighted by Crippen LogP contribution is 2.35. The van der Waals surface area contributed by atoms with Crippen molar-refractivity contribution in [1.29, 1.82) is 0 Å². The van der Waals surface area contributed by atoms with Gasteiger partial charge in [0.15, 0.2) is 12.2 Å². The Morgan fingerprint density at radius 2 is 1.44 bits per heavy atom. The topological polar surface area (TPSA) is 117 Å². The summed E-state index contributed by atoms with van der Waals surface area (Å²) >= 11 is 0. The molecule has 0 fully saturated rings. The molecule has 0 spiro atoms. The van der Waals surface area contributed by atoms with Crippen LogP contribution in [-0.2, 0) is 9.53 Å². The van der Waals surface area contributed by atoms with Crippen LogP contribution in [0.4, 0.5) is 10.5 Å². The summed E-state index contributed by atoms with van der Waals surface area (Å²) in [5, 5.41) is 23.2. The zero-order valence-corrected chi connectivity index (χ0v) is 19.1. The number of carbonyl (C=O) groups excluding carboxylic acids is 2. The van der Waals surface area contributed by atoms with Crippen molar-refractivity contribution in [3.05, 3.63) is 115 Å². The molecule has 182 valence electrons. The molecule has 8 heteroatoms. The predicted octanol–water partition coefficient (Wildman–Crippen LogP) is 5.34. The first-order chi connectivity index (χ1) is 17.5. The second-order valence-electron chi connectivity index (χ2n) is 7.77. The molecule has 2 atom stereocenters. The van der Waals surface area contributed by atoms with E-state index in [1.54, 1.807) is 78.9 Å². The Hall–Kier alpha value is -4.82. The molecule has 0 aromatic heterocycles. The van der Waals surface area contributed by atoms with Crippen LogP contribution in [-0.4, -0.2) is 28.4 Å². The van der Waals surface area contributed by atoms with Crippen molar-refractivity contribution >= 4 is 28.5 Å². The normalized spacial score (nSPS) is 12.6. The first-order valence-corrected chi connectivity index (χ1v) is 11.1. The van der Waals surface area contributed by atoms with E-state index in [9.17, 15) is 14.7 Å². The number of nitrogens with one attached hydrogen (secondary N) is 2. The monoisotopic (exact) mass is 484 g/mol. The summed E-state index contributed by atoms with van der Waals surface area (Å²) in [5.74, 6) is -0.242. The summed E-state index contributed by atoms with van der Waals surface area (Å²) < 4.78 is 12.0. The number of para-hydroxylation sites is 2. The van der Waals surface area contributed by atoms with Gasteiger partial charge >= 0.3 is 6.09 Å². The van der Waals surface area contributed by atoms with Gasteiger partial charge in [-0.2, -0.15) is 0 Å². The average Bonchev–Trinajstić information content (AvgIpc) is 2.91. The number of phenolic OH excluding ortho intramolecular Hbond substituents is 1. The maximum Gasteiger partial charge on any atom is 0.412 e. The van der Waals surface area contributed by atoms with Gasteiger partial charge in [0.2, 0.25) is 0 Å². The molecule has 0 saturated carbocycles. The molecule has 0 aliphatic rings. The van der Waals surface area contributed by atoms with Gasteiger partial charge in [-0.3, -0.25) is 15.3 Å². The molecule has 2 amide bonds. The fraction of sp³-hybridized carbons (Fsp3) is 0.0714. The zero-order chi connectivity index (χ0) is 25.3. The van der Waals surface area contributed by atoms with Gasteiger partial charge in [-0.15, -0.1) is 0 Å². The third-order valence-electron chi connectivity index (χ3n) is 5.36. The van der Waals surface area contributed by atoms with Crippen LogP contribution in [0.25, 0.3) is 10.8 Å². The van der Waals surface area contributed by atoms with E-state index in [-0.39, 0.29) is 5.75 Å². The Morgan fingerprint density at radius 3 is 2.14 bits per heavy atom. The number of hydroxylamine groups is 1. The van der Waals surface area contributed by atoms with E-state index in [1.807, 2.05) is 12.1 Å². The summed E-state index contributed by atoms with van der Waals surface area (Å²) in [5.41, 5.74) is 2.62. The predicted molar refractivity (Wildman–Crippen MR) is 135 cm³/mol. The number of fused-ring (bicyclic) bond motifs is 1. The number of benzene rings is 4. The molecular formula is C28H24N2O6. The van der Waals surface area contributed by atoms with Gasteiger partial charge in [-0.1, -0.05) is 66.7 Å². The van der Waals surface area contributed by atoms with Crippen LogP contribution in [0.15, 0.2) is 109 Å². The van der Waals surface area contributed by atoms with Gasteiger partial charge in [0.1, 0.15) is 11.5 Å². The van der Waals surface area contributed by atoms with E-state index in [2.05, 4.69) is 5.32 Å². The zero-order valence-electron chi connectivity index (χ0n) is 19.1. The Morgan fingerprint density at radius 1 is 0.806 bits per heavy atom. The lowest BCUT2D eigenvalue weighted by Gasteiger charge is -2.27. The maximum atomic E-state index is 13.0. The minimum absolute atomic E-state index is 0.0672. The van der Waals surface area contributed by atoms with Crippen LogP contribution in [0.5, 0.6) is 11.5 Å². The van der Waals surface area contributed by atoms with Crippen molar-refractivity contribution in [3.8, 4) is 11.5 Å². The molecule has 0 radical (unpaired) electrons. The van der Waals surface area contributed by atoms with Crippen LogP contribution < -0.4 is 15.5 Å². The number of aromatic hydroxyl groups is 1. The molecule has 4 rings (SSSR count). The van der Waals surface area contributed by atoms with Crippen molar-refractivity contribution in [1.82, 2.24) is 5.48 Å². The summed E-state index contributed by atoms with van der Waals surface area (Å²) in [6.45, 7) is 0. The summed E-state index contributed by atoms with van der Waals surface area (Å²) in [4.78, 5) is 24.8.